The average molecular weight is 408 g/mol. The maximum Gasteiger partial charge on any atom is 0.138 e. The molecule has 1 atom stereocenters. The molecule has 2 aromatic heterocycles. The van der Waals surface area contributed by atoms with E-state index in [1.165, 1.54) is 4.88 Å². The summed E-state index contributed by atoms with van der Waals surface area (Å²) in [5.74, 6) is 0.995. The lowest BCUT2D eigenvalue weighted by atomic mass is 10.1. The zero-order valence-corrected chi connectivity index (χ0v) is 14.8. The van der Waals surface area contributed by atoms with Crippen LogP contribution in [-0.2, 0) is 13.5 Å². The van der Waals surface area contributed by atoms with Crippen molar-refractivity contribution in [3.63, 3.8) is 0 Å². The van der Waals surface area contributed by atoms with Crippen LogP contribution in [0.25, 0.3) is 0 Å². The molecule has 0 spiro atoms. The quantitative estimate of drug-likeness (QED) is 0.793. The molecule has 7 heteroatoms. The molecule has 0 radical (unpaired) electrons. The highest BCUT2D eigenvalue weighted by molar-refractivity contribution is 9.13. The Morgan fingerprint density at radius 2 is 2.26 bits per heavy atom. The third-order valence-electron chi connectivity index (χ3n) is 2.84. The van der Waals surface area contributed by atoms with E-state index in [0.717, 1.165) is 33.5 Å². The highest BCUT2D eigenvalue weighted by atomic mass is 79.9. The smallest absolute Gasteiger partial charge is 0.138 e. The van der Waals surface area contributed by atoms with Crippen LogP contribution in [0.15, 0.2) is 20.7 Å². The van der Waals surface area contributed by atoms with Gasteiger partial charge in [0, 0.05) is 28.9 Å². The number of aromatic nitrogens is 3. The number of hydrogen-bond donors (Lipinski definition) is 1. The fraction of sp³-hybridized carbons (Fsp3) is 0.500. The molecule has 19 heavy (non-hydrogen) atoms. The molecule has 2 aromatic rings. The van der Waals surface area contributed by atoms with E-state index in [0.29, 0.717) is 0 Å². The fourth-order valence-corrected chi connectivity index (χ4v) is 3.98. The van der Waals surface area contributed by atoms with Crippen LogP contribution in [0.2, 0.25) is 0 Å². The van der Waals surface area contributed by atoms with Crippen molar-refractivity contribution < 1.29 is 0 Å². The minimum Gasteiger partial charge on any atom is -0.309 e. The molecular weight excluding hydrogens is 392 g/mol. The predicted molar refractivity (Wildman–Crippen MR) is 85.5 cm³/mol. The zero-order valence-electron chi connectivity index (χ0n) is 10.9. The number of thiophene rings is 1. The van der Waals surface area contributed by atoms with Gasteiger partial charge in [0.2, 0.25) is 0 Å². The molecule has 0 saturated heterocycles. The number of nitrogens with zero attached hydrogens (tertiary/aromatic N) is 3. The lowest BCUT2D eigenvalue weighted by Gasteiger charge is -2.16. The summed E-state index contributed by atoms with van der Waals surface area (Å²) in [6, 6.07) is 2.44. The molecule has 0 aliphatic rings. The van der Waals surface area contributed by atoms with Gasteiger partial charge in [-0.1, -0.05) is 6.92 Å². The van der Waals surface area contributed by atoms with E-state index in [1.54, 1.807) is 17.7 Å². The molecule has 0 aliphatic heterocycles. The molecule has 1 unspecified atom stereocenters. The van der Waals surface area contributed by atoms with Crippen LogP contribution < -0.4 is 5.32 Å². The van der Waals surface area contributed by atoms with Crippen molar-refractivity contribution in [3.05, 3.63) is 31.4 Å². The molecule has 2 heterocycles. The van der Waals surface area contributed by atoms with E-state index in [4.69, 9.17) is 0 Å². The van der Waals surface area contributed by atoms with Gasteiger partial charge in [0.25, 0.3) is 0 Å². The van der Waals surface area contributed by atoms with Gasteiger partial charge in [-0.05, 0) is 50.9 Å². The summed E-state index contributed by atoms with van der Waals surface area (Å²) in [7, 11) is 1.93. The maximum absolute atomic E-state index is 4.31. The van der Waals surface area contributed by atoms with Crippen molar-refractivity contribution in [3.8, 4) is 0 Å². The number of aryl methyl sites for hydroxylation is 1. The van der Waals surface area contributed by atoms with Gasteiger partial charge >= 0.3 is 0 Å². The Morgan fingerprint density at radius 1 is 1.47 bits per heavy atom. The summed E-state index contributed by atoms with van der Waals surface area (Å²) >= 11 is 8.85. The van der Waals surface area contributed by atoms with Crippen molar-refractivity contribution >= 4 is 43.2 Å². The summed E-state index contributed by atoms with van der Waals surface area (Å²) in [5.41, 5.74) is 0. The highest BCUT2D eigenvalue weighted by Gasteiger charge is 2.18. The number of rotatable bonds is 6. The highest BCUT2D eigenvalue weighted by Crippen LogP contribution is 2.36. The van der Waals surface area contributed by atoms with Gasteiger partial charge in [0.15, 0.2) is 0 Å². The van der Waals surface area contributed by atoms with E-state index < -0.39 is 0 Å². The Kier molecular flexibility index (Phi) is 5.56. The normalized spacial score (nSPS) is 12.8. The Balaban J connectivity index is 2.18. The van der Waals surface area contributed by atoms with E-state index >= 15 is 0 Å². The van der Waals surface area contributed by atoms with Crippen molar-refractivity contribution in [2.45, 2.75) is 25.8 Å². The largest absolute Gasteiger partial charge is 0.309 e. The number of hydrogen-bond acceptors (Lipinski definition) is 4. The predicted octanol–water partition coefficient (Wildman–Crippen LogP) is 3.69. The molecule has 0 bridgehead atoms. The van der Waals surface area contributed by atoms with Crippen LogP contribution in [-0.4, -0.2) is 21.3 Å². The van der Waals surface area contributed by atoms with Gasteiger partial charge in [0.05, 0.1) is 3.79 Å². The first-order valence-corrected chi connectivity index (χ1v) is 8.53. The second-order valence-electron chi connectivity index (χ2n) is 4.28. The molecule has 0 aromatic carbocycles. The molecule has 1 N–H and O–H groups in total. The van der Waals surface area contributed by atoms with Crippen molar-refractivity contribution in [1.82, 2.24) is 20.1 Å². The lowest BCUT2D eigenvalue weighted by molar-refractivity contribution is 0.513. The third kappa shape index (κ3) is 3.87. The van der Waals surface area contributed by atoms with Crippen molar-refractivity contribution in [2.75, 3.05) is 6.54 Å². The summed E-state index contributed by atoms with van der Waals surface area (Å²) < 4.78 is 4.07. The molecule has 2 rings (SSSR count). The standard InChI is InChI=1S/C12H16Br2N4S/c1-3-4-15-9(6-11-16-7-17-18(11)2)10-5-8(13)12(14)19-10/h5,7,9,15H,3-4,6H2,1-2H3. The molecular formula is C12H16Br2N4S. The number of nitrogens with one attached hydrogen (secondary N) is 1. The molecule has 4 nitrogen and oxygen atoms in total. The van der Waals surface area contributed by atoms with E-state index in [1.807, 2.05) is 11.7 Å². The Bertz CT molecular complexity index is 518. The van der Waals surface area contributed by atoms with Gasteiger partial charge in [-0.3, -0.25) is 4.68 Å². The monoisotopic (exact) mass is 406 g/mol. The van der Waals surface area contributed by atoms with Crippen LogP contribution >= 0.6 is 43.2 Å². The van der Waals surface area contributed by atoms with Gasteiger partial charge in [0.1, 0.15) is 12.2 Å². The Labute approximate surface area is 133 Å². The Morgan fingerprint density at radius 3 is 2.79 bits per heavy atom. The van der Waals surface area contributed by atoms with E-state index in [2.05, 4.69) is 60.2 Å². The van der Waals surface area contributed by atoms with Crippen molar-refractivity contribution in [1.29, 1.82) is 0 Å². The molecule has 0 amide bonds. The maximum atomic E-state index is 4.31. The minimum absolute atomic E-state index is 0.274. The summed E-state index contributed by atoms with van der Waals surface area (Å²) in [4.78, 5) is 5.61. The lowest BCUT2D eigenvalue weighted by Crippen LogP contribution is -2.24. The van der Waals surface area contributed by atoms with Gasteiger partial charge < -0.3 is 5.32 Å². The topological polar surface area (TPSA) is 42.7 Å². The summed E-state index contributed by atoms with van der Waals surface area (Å²) in [6.45, 7) is 3.17. The van der Waals surface area contributed by atoms with Gasteiger partial charge in [-0.2, -0.15) is 5.10 Å². The second-order valence-corrected chi connectivity index (χ2v) is 7.54. The van der Waals surface area contributed by atoms with Crippen molar-refractivity contribution in [2.24, 2.45) is 7.05 Å². The minimum atomic E-state index is 0.274. The van der Waals surface area contributed by atoms with Crippen LogP contribution in [0.3, 0.4) is 0 Å². The fourth-order valence-electron chi connectivity index (χ4n) is 1.81. The van der Waals surface area contributed by atoms with Gasteiger partial charge in [-0.25, -0.2) is 4.98 Å². The zero-order chi connectivity index (χ0) is 13.8. The van der Waals surface area contributed by atoms with E-state index in [9.17, 15) is 0 Å². The first-order valence-electron chi connectivity index (χ1n) is 6.12. The van der Waals surface area contributed by atoms with E-state index in [-0.39, 0.29) is 6.04 Å². The average Bonchev–Trinajstić information content (AvgIpc) is 2.92. The van der Waals surface area contributed by atoms with Crippen LogP contribution in [0, 0.1) is 0 Å². The Hall–Kier alpha value is -0.240. The SMILES string of the molecule is CCCNC(Cc1ncnn1C)c1cc(Br)c(Br)s1. The third-order valence-corrected chi connectivity index (χ3v) is 6.21. The first-order chi connectivity index (χ1) is 9.11. The molecule has 0 saturated carbocycles. The first kappa shape index (κ1) is 15.2. The molecule has 0 aliphatic carbocycles. The van der Waals surface area contributed by atoms with Crippen LogP contribution in [0.5, 0.6) is 0 Å². The molecule has 104 valence electrons. The van der Waals surface area contributed by atoms with Gasteiger partial charge in [-0.15, -0.1) is 11.3 Å². The summed E-state index contributed by atoms with van der Waals surface area (Å²) in [5, 5.41) is 7.71. The van der Waals surface area contributed by atoms with Crippen LogP contribution in [0.4, 0.5) is 0 Å². The summed E-state index contributed by atoms with van der Waals surface area (Å²) in [6.07, 6.45) is 3.56. The van der Waals surface area contributed by atoms with Crippen LogP contribution in [0.1, 0.15) is 30.1 Å². The number of halogens is 2. The molecule has 0 fully saturated rings. The second kappa shape index (κ2) is 6.97.